The van der Waals surface area contributed by atoms with Crippen molar-refractivity contribution < 1.29 is 14.6 Å². The molecule has 0 unspecified atom stereocenters. The van der Waals surface area contributed by atoms with Gasteiger partial charge in [0.2, 0.25) is 0 Å². The van der Waals surface area contributed by atoms with Crippen molar-refractivity contribution in [3.05, 3.63) is 45.9 Å². The number of rotatable bonds is 4. The van der Waals surface area contributed by atoms with Crippen LogP contribution in [0, 0.1) is 11.8 Å². The minimum absolute atomic E-state index is 0.210. The highest BCUT2D eigenvalue weighted by Crippen LogP contribution is 2.19. The van der Waals surface area contributed by atoms with Crippen LogP contribution >= 0.6 is 11.3 Å². The summed E-state index contributed by atoms with van der Waals surface area (Å²) in [6, 6.07) is 4.98. The lowest BCUT2D eigenvalue weighted by atomic mass is 10.1. The number of aliphatic hydroxyl groups is 1. The highest BCUT2D eigenvalue weighted by molar-refractivity contribution is 7.07. The van der Waals surface area contributed by atoms with Crippen LogP contribution in [0.4, 0.5) is 0 Å². The number of hydrogen-bond acceptors (Lipinski definition) is 5. The molecule has 2 aromatic rings. The summed E-state index contributed by atoms with van der Waals surface area (Å²) >= 11 is 1.48. The Hall–Kier alpha value is -2.36. The number of amides is 1. The van der Waals surface area contributed by atoms with E-state index in [1.807, 2.05) is 5.38 Å². The number of benzene rings is 1. The summed E-state index contributed by atoms with van der Waals surface area (Å²) in [6.07, 6.45) is 0. The molecule has 1 amide bonds. The second-order valence-corrected chi connectivity index (χ2v) is 4.76. The maximum Gasteiger partial charge on any atom is 0.251 e. The third-order valence-electron chi connectivity index (χ3n) is 2.68. The van der Waals surface area contributed by atoms with Crippen LogP contribution in [0.1, 0.15) is 21.6 Å². The summed E-state index contributed by atoms with van der Waals surface area (Å²) in [5.74, 6) is 5.66. The van der Waals surface area contributed by atoms with E-state index < -0.39 is 0 Å². The molecule has 0 spiro atoms. The first-order chi connectivity index (χ1) is 10.2. The monoisotopic (exact) mass is 302 g/mol. The summed E-state index contributed by atoms with van der Waals surface area (Å²) in [6.45, 7) is 0.134. The van der Waals surface area contributed by atoms with E-state index in [0.29, 0.717) is 23.4 Å². The largest absolute Gasteiger partial charge is 0.495 e. The summed E-state index contributed by atoms with van der Waals surface area (Å²) < 4.78 is 5.17. The lowest BCUT2D eigenvalue weighted by Gasteiger charge is -2.07. The summed E-state index contributed by atoms with van der Waals surface area (Å²) in [5.41, 5.74) is 3.58. The predicted molar refractivity (Wildman–Crippen MR) is 80.2 cm³/mol. The van der Waals surface area contributed by atoms with Crippen molar-refractivity contribution in [2.75, 3.05) is 13.7 Å². The average molecular weight is 302 g/mol. The zero-order valence-electron chi connectivity index (χ0n) is 11.4. The van der Waals surface area contributed by atoms with Gasteiger partial charge in [-0.2, -0.15) is 0 Å². The van der Waals surface area contributed by atoms with Gasteiger partial charge < -0.3 is 15.2 Å². The number of hydrogen-bond donors (Lipinski definition) is 2. The molecule has 0 saturated heterocycles. The number of thiazole rings is 1. The molecule has 1 aromatic heterocycles. The molecule has 0 fully saturated rings. The first-order valence-electron chi connectivity index (χ1n) is 6.17. The molecule has 0 aliphatic heterocycles. The quantitative estimate of drug-likeness (QED) is 0.838. The summed E-state index contributed by atoms with van der Waals surface area (Å²) in [4.78, 5) is 16.2. The van der Waals surface area contributed by atoms with E-state index in [4.69, 9.17) is 9.84 Å². The maximum atomic E-state index is 12.1. The zero-order chi connectivity index (χ0) is 15.1. The van der Waals surface area contributed by atoms with Crippen molar-refractivity contribution in [2.24, 2.45) is 0 Å². The molecule has 6 heteroatoms. The van der Waals surface area contributed by atoms with Gasteiger partial charge in [-0.1, -0.05) is 11.8 Å². The molecule has 5 nitrogen and oxygen atoms in total. The summed E-state index contributed by atoms with van der Waals surface area (Å²) in [5, 5.41) is 13.4. The second-order valence-electron chi connectivity index (χ2n) is 4.04. The standard InChI is InChI=1S/C15H14N2O3S/c1-20-14-5-4-12(7-11(14)3-2-6-18)15(19)16-8-13-9-21-10-17-13/h4-5,7,9-10,18H,6,8H2,1H3,(H,16,19). The molecule has 2 N–H and O–H groups in total. The molecule has 21 heavy (non-hydrogen) atoms. The third-order valence-corrected chi connectivity index (χ3v) is 3.31. The number of aliphatic hydroxyl groups excluding tert-OH is 1. The van der Waals surface area contributed by atoms with Gasteiger partial charge in [-0.25, -0.2) is 4.98 Å². The molecule has 1 heterocycles. The van der Waals surface area contributed by atoms with E-state index >= 15 is 0 Å². The zero-order valence-corrected chi connectivity index (χ0v) is 12.2. The van der Waals surface area contributed by atoms with Crippen LogP contribution in [-0.4, -0.2) is 29.7 Å². The minimum Gasteiger partial charge on any atom is -0.495 e. The Morgan fingerprint density at radius 2 is 2.38 bits per heavy atom. The van der Waals surface area contributed by atoms with E-state index in [1.54, 1.807) is 23.7 Å². The second kappa shape index (κ2) is 7.43. The van der Waals surface area contributed by atoms with Crippen molar-refractivity contribution >= 4 is 17.2 Å². The molecule has 0 radical (unpaired) electrons. The van der Waals surface area contributed by atoms with Gasteiger partial charge in [0, 0.05) is 10.9 Å². The highest BCUT2D eigenvalue weighted by atomic mass is 32.1. The average Bonchev–Trinajstić information content (AvgIpc) is 3.03. The van der Waals surface area contributed by atoms with Gasteiger partial charge >= 0.3 is 0 Å². The number of methoxy groups -OCH3 is 1. The van der Waals surface area contributed by atoms with E-state index in [9.17, 15) is 4.79 Å². The third kappa shape index (κ3) is 4.05. The Morgan fingerprint density at radius 3 is 3.05 bits per heavy atom. The summed E-state index contributed by atoms with van der Waals surface area (Å²) in [7, 11) is 1.53. The van der Waals surface area contributed by atoms with Crippen molar-refractivity contribution in [2.45, 2.75) is 6.54 Å². The molecule has 0 aliphatic carbocycles. The number of carbonyl (C=O) groups is 1. The van der Waals surface area contributed by atoms with Gasteiger partial charge in [0.05, 0.1) is 30.4 Å². The maximum absolute atomic E-state index is 12.1. The number of aromatic nitrogens is 1. The Kier molecular flexibility index (Phi) is 5.32. The number of nitrogens with one attached hydrogen (secondary N) is 1. The molecular formula is C15H14N2O3S. The predicted octanol–water partition coefficient (Wildman–Crippen LogP) is 1.43. The Bertz CT molecular complexity index is 672. The fourth-order valence-corrected chi connectivity index (χ4v) is 2.24. The number of ether oxygens (including phenoxy) is 1. The Morgan fingerprint density at radius 1 is 1.52 bits per heavy atom. The van der Waals surface area contributed by atoms with Gasteiger partial charge in [-0.3, -0.25) is 4.79 Å². The van der Waals surface area contributed by atoms with Crippen molar-refractivity contribution in [3.63, 3.8) is 0 Å². The number of carbonyl (C=O) groups excluding carboxylic acids is 1. The van der Waals surface area contributed by atoms with Gasteiger partial charge in [-0.15, -0.1) is 11.3 Å². The molecule has 108 valence electrons. The molecule has 0 bridgehead atoms. The fourth-order valence-electron chi connectivity index (χ4n) is 1.68. The highest BCUT2D eigenvalue weighted by Gasteiger charge is 2.09. The lowest BCUT2D eigenvalue weighted by Crippen LogP contribution is -2.23. The fraction of sp³-hybridized carbons (Fsp3) is 0.200. The molecule has 0 aliphatic rings. The van der Waals surface area contributed by atoms with Crippen LogP contribution in [0.15, 0.2) is 29.1 Å². The van der Waals surface area contributed by atoms with Gasteiger partial charge in [-0.05, 0) is 18.2 Å². The van der Waals surface area contributed by atoms with Gasteiger partial charge in [0.1, 0.15) is 12.4 Å². The Labute approximate surface area is 126 Å². The van der Waals surface area contributed by atoms with Gasteiger partial charge in [0.15, 0.2) is 0 Å². The minimum atomic E-state index is -0.247. The Balaban J connectivity index is 2.13. The van der Waals surface area contributed by atoms with Crippen molar-refractivity contribution in [3.8, 4) is 17.6 Å². The van der Waals surface area contributed by atoms with Crippen LogP contribution in [0.2, 0.25) is 0 Å². The van der Waals surface area contributed by atoms with Crippen molar-refractivity contribution in [1.29, 1.82) is 0 Å². The van der Waals surface area contributed by atoms with E-state index in [-0.39, 0.29) is 12.5 Å². The normalized spacial score (nSPS) is 9.62. The van der Waals surface area contributed by atoms with Crippen LogP contribution in [0.3, 0.4) is 0 Å². The topological polar surface area (TPSA) is 71.5 Å². The van der Waals surface area contributed by atoms with E-state index in [0.717, 1.165) is 5.69 Å². The SMILES string of the molecule is COc1ccc(C(=O)NCc2cscn2)cc1C#CCO. The molecule has 0 atom stereocenters. The number of nitrogens with zero attached hydrogens (tertiary/aromatic N) is 1. The van der Waals surface area contributed by atoms with E-state index in [1.165, 1.54) is 18.4 Å². The van der Waals surface area contributed by atoms with E-state index in [2.05, 4.69) is 22.1 Å². The van der Waals surface area contributed by atoms with Crippen LogP contribution in [-0.2, 0) is 6.54 Å². The lowest BCUT2D eigenvalue weighted by molar-refractivity contribution is 0.0950. The van der Waals surface area contributed by atoms with Crippen LogP contribution < -0.4 is 10.1 Å². The molecular weight excluding hydrogens is 288 g/mol. The molecule has 1 aromatic carbocycles. The van der Waals surface area contributed by atoms with Crippen molar-refractivity contribution in [1.82, 2.24) is 10.3 Å². The molecule has 2 rings (SSSR count). The van der Waals surface area contributed by atoms with Crippen LogP contribution in [0.25, 0.3) is 0 Å². The van der Waals surface area contributed by atoms with Crippen LogP contribution in [0.5, 0.6) is 5.75 Å². The van der Waals surface area contributed by atoms with Gasteiger partial charge in [0.25, 0.3) is 5.91 Å². The first-order valence-corrected chi connectivity index (χ1v) is 7.12. The molecule has 0 saturated carbocycles. The first kappa shape index (κ1) is 15.0. The smallest absolute Gasteiger partial charge is 0.251 e.